The lowest BCUT2D eigenvalue weighted by Crippen LogP contribution is -2.44. The van der Waals surface area contributed by atoms with Gasteiger partial charge in [0.25, 0.3) is 5.91 Å². The Labute approximate surface area is 178 Å². The molecular weight excluding hydrogens is 404 g/mol. The Bertz CT molecular complexity index is 1130. The summed E-state index contributed by atoms with van der Waals surface area (Å²) < 4.78 is 0. The Morgan fingerprint density at radius 2 is 1.83 bits per heavy atom. The number of benzene rings is 2. The van der Waals surface area contributed by atoms with Crippen molar-refractivity contribution in [1.82, 2.24) is 9.88 Å². The molecule has 7 nitrogen and oxygen atoms in total. The summed E-state index contributed by atoms with van der Waals surface area (Å²) in [7, 11) is 2.06. The predicted molar refractivity (Wildman–Crippen MR) is 118 cm³/mol. The number of pyridine rings is 1. The van der Waals surface area contributed by atoms with Gasteiger partial charge in [-0.2, -0.15) is 0 Å². The Hall–Kier alpha value is -3.16. The smallest absolute Gasteiger partial charge is 0.336 e. The summed E-state index contributed by atoms with van der Waals surface area (Å²) in [5, 5.41) is 13.5. The molecule has 2 N–H and O–H groups in total. The van der Waals surface area contributed by atoms with E-state index in [-0.39, 0.29) is 11.5 Å². The molecule has 1 aliphatic heterocycles. The number of hydrogen-bond acceptors (Lipinski definition) is 5. The van der Waals surface area contributed by atoms with E-state index in [1.165, 1.54) is 0 Å². The Morgan fingerprint density at radius 1 is 1.07 bits per heavy atom. The fraction of sp³-hybridized carbons (Fsp3) is 0.227. The minimum atomic E-state index is -1.03. The summed E-state index contributed by atoms with van der Waals surface area (Å²) in [4.78, 5) is 33.4. The van der Waals surface area contributed by atoms with Crippen LogP contribution >= 0.6 is 11.6 Å². The number of nitrogens with zero attached hydrogens (tertiary/aromatic N) is 3. The first-order valence-corrected chi connectivity index (χ1v) is 9.97. The molecular formula is C22H21ClN4O3. The van der Waals surface area contributed by atoms with Gasteiger partial charge in [-0.05, 0) is 49.5 Å². The highest BCUT2D eigenvalue weighted by molar-refractivity contribution is 6.31. The fourth-order valence-electron chi connectivity index (χ4n) is 3.50. The first-order chi connectivity index (χ1) is 14.4. The number of rotatable bonds is 4. The third-order valence-corrected chi connectivity index (χ3v) is 5.43. The van der Waals surface area contributed by atoms with Crippen molar-refractivity contribution in [2.75, 3.05) is 43.4 Å². The van der Waals surface area contributed by atoms with Crippen LogP contribution < -0.4 is 10.2 Å². The number of fused-ring (bicyclic) bond motifs is 1. The summed E-state index contributed by atoms with van der Waals surface area (Å²) >= 11 is 5.95. The lowest BCUT2D eigenvalue weighted by molar-refractivity contribution is 0.0698. The number of halogens is 1. The minimum absolute atomic E-state index is 0.160. The lowest BCUT2D eigenvalue weighted by Gasteiger charge is -2.33. The first kappa shape index (κ1) is 20.1. The van der Waals surface area contributed by atoms with Crippen molar-refractivity contribution in [3.05, 3.63) is 64.7 Å². The van der Waals surface area contributed by atoms with Crippen molar-refractivity contribution in [3.8, 4) is 0 Å². The Kier molecular flexibility index (Phi) is 5.57. The SMILES string of the molecule is CN1CCN(c2cc(C(=O)O)c3cc(NC(=O)c4cccc(Cl)c4)ccc3n2)CC1. The van der Waals surface area contributed by atoms with E-state index in [1.807, 2.05) is 0 Å². The van der Waals surface area contributed by atoms with Gasteiger partial charge in [0.2, 0.25) is 0 Å². The largest absolute Gasteiger partial charge is 0.478 e. The van der Waals surface area contributed by atoms with Gasteiger partial charge in [0, 0.05) is 47.8 Å². The quantitative estimate of drug-likeness (QED) is 0.665. The van der Waals surface area contributed by atoms with Crippen molar-refractivity contribution in [3.63, 3.8) is 0 Å². The highest BCUT2D eigenvalue weighted by atomic mass is 35.5. The number of carbonyl (C=O) groups excluding carboxylic acids is 1. The zero-order valence-electron chi connectivity index (χ0n) is 16.4. The number of hydrogen-bond donors (Lipinski definition) is 2. The van der Waals surface area contributed by atoms with E-state index in [4.69, 9.17) is 11.6 Å². The van der Waals surface area contributed by atoms with Crippen LogP contribution in [-0.2, 0) is 0 Å². The number of nitrogens with one attached hydrogen (secondary N) is 1. The maximum absolute atomic E-state index is 12.5. The van der Waals surface area contributed by atoms with Crippen LogP contribution in [0.25, 0.3) is 10.9 Å². The number of amides is 1. The number of piperazine rings is 1. The highest BCUT2D eigenvalue weighted by Gasteiger charge is 2.19. The number of anilines is 2. The van der Waals surface area contributed by atoms with Crippen LogP contribution in [0.3, 0.4) is 0 Å². The van der Waals surface area contributed by atoms with Gasteiger partial charge in [0.15, 0.2) is 0 Å². The van der Waals surface area contributed by atoms with Gasteiger partial charge < -0.3 is 20.2 Å². The van der Waals surface area contributed by atoms with Crippen LogP contribution in [0, 0.1) is 0 Å². The third kappa shape index (κ3) is 4.22. The predicted octanol–water partition coefficient (Wildman–Crippen LogP) is 3.59. The standard InChI is InChI=1S/C22H21ClN4O3/c1-26-7-9-27(10-8-26)20-13-18(22(29)30)17-12-16(5-6-19(17)25-20)24-21(28)14-3-2-4-15(23)11-14/h2-6,11-13H,7-10H2,1H3,(H,24,28)(H,29,30). The maximum Gasteiger partial charge on any atom is 0.336 e. The Balaban J connectivity index is 1.66. The Morgan fingerprint density at radius 3 is 2.53 bits per heavy atom. The summed E-state index contributed by atoms with van der Waals surface area (Å²) in [6.45, 7) is 3.39. The normalized spacial score (nSPS) is 14.7. The zero-order valence-corrected chi connectivity index (χ0v) is 17.2. The molecule has 0 aliphatic carbocycles. The first-order valence-electron chi connectivity index (χ1n) is 9.59. The second-order valence-corrected chi connectivity index (χ2v) is 7.76. The molecule has 4 rings (SSSR count). The summed E-state index contributed by atoms with van der Waals surface area (Å²) in [6, 6.07) is 13.3. The molecule has 0 radical (unpaired) electrons. The maximum atomic E-state index is 12.5. The molecule has 2 aromatic carbocycles. The van der Waals surface area contributed by atoms with E-state index < -0.39 is 5.97 Å². The number of carboxylic acids is 1. The molecule has 3 aromatic rings. The summed E-state index contributed by atoms with van der Waals surface area (Å²) in [5.74, 6) is -0.699. The number of aromatic nitrogens is 1. The molecule has 8 heteroatoms. The van der Waals surface area contributed by atoms with Crippen LogP contribution in [0.1, 0.15) is 20.7 Å². The van der Waals surface area contributed by atoms with Crippen molar-refractivity contribution in [2.24, 2.45) is 0 Å². The summed E-state index contributed by atoms with van der Waals surface area (Å²) in [5.41, 5.74) is 1.64. The van der Waals surface area contributed by atoms with Crippen molar-refractivity contribution < 1.29 is 14.7 Å². The number of aromatic carboxylic acids is 1. The fourth-order valence-corrected chi connectivity index (χ4v) is 3.69. The number of likely N-dealkylation sites (N-methyl/N-ethyl adjacent to an activating group) is 1. The van der Waals surface area contributed by atoms with Gasteiger partial charge in [-0.1, -0.05) is 17.7 Å². The van der Waals surface area contributed by atoms with Gasteiger partial charge in [-0.3, -0.25) is 4.79 Å². The molecule has 1 amide bonds. The van der Waals surface area contributed by atoms with Crippen LogP contribution in [0.15, 0.2) is 48.5 Å². The van der Waals surface area contributed by atoms with E-state index in [9.17, 15) is 14.7 Å². The third-order valence-electron chi connectivity index (χ3n) is 5.20. The van der Waals surface area contributed by atoms with E-state index >= 15 is 0 Å². The minimum Gasteiger partial charge on any atom is -0.478 e. The van der Waals surface area contributed by atoms with Crippen LogP contribution in [-0.4, -0.2) is 60.1 Å². The molecule has 0 bridgehead atoms. The van der Waals surface area contributed by atoms with Gasteiger partial charge in [0.1, 0.15) is 5.82 Å². The van der Waals surface area contributed by atoms with Crippen molar-refractivity contribution >= 4 is 45.9 Å². The molecule has 1 saturated heterocycles. The van der Waals surface area contributed by atoms with Crippen LogP contribution in [0.5, 0.6) is 0 Å². The van der Waals surface area contributed by atoms with Crippen molar-refractivity contribution in [1.29, 1.82) is 0 Å². The molecule has 0 saturated carbocycles. The molecule has 30 heavy (non-hydrogen) atoms. The molecule has 2 heterocycles. The number of carboxylic acid groups (broad SMARTS) is 1. The van der Waals surface area contributed by atoms with E-state index in [1.54, 1.807) is 48.5 Å². The lowest BCUT2D eigenvalue weighted by atomic mass is 10.1. The highest BCUT2D eigenvalue weighted by Crippen LogP contribution is 2.27. The van der Waals surface area contributed by atoms with E-state index in [0.717, 1.165) is 26.2 Å². The van der Waals surface area contributed by atoms with Crippen molar-refractivity contribution in [2.45, 2.75) is 0 Å². The topological polar surface area (TPSA) is 85.8 Å². The molecule has 0 atom stereocenters. The van der Waals surface area contributed by atoms with Gasteiger partial charge >= 0.3 is 5.97 Å². The van der Waals surface area contributed by atoms with Gasteiger partial charge in [-0.15, -0.1) is 0 Å². The van der Waals surface area contributed by atoms with Gasteiger partial charge in [0.05, 0.1) is 11.1 Å². The molecule has 154 valence electrons. The van der Waals surface area contributed by atoms with Crippen LogP contribution in [0.2, 0.25) is 5.02 Å². The van der Waals surface area contributed by atoms with Crippen LogP contribution in [0.4, 0.5) is 11.5 Å². The summed E-state index contributed by atoms with van der Waals surface area (Å²) in [6.07, 6.45) is 0. The van der Waals surface area contributed by atoms with E-state index in [2.05, 4.69) is 27.1 Å². The molecule has 0 unspecified atom stereocenters. The average Bonchev–Trinajstić information content (AvgIpc) is 2.73. The second-order valence-electron chi connectivity index (χ2n) is 7.32. The molecule has 0 spiro atoms. The van der Waals surface area contributed by atoms with E-state index in [0.29, 0.717) is 33.0 Å². The monoisotopic (exact) mass is 424 g/mol. The molecule has 1 fully saturated rings. The number of carbonyl (C=O) groups is 2. The zero-order chi connectivity index (χ0) is 21.3. The molecule has 1 aliphatic rings. The second kappa shape index (κ2) is 8.30. The average molecular weight is 425 g/mol. The molecule has 1 aromatic heterocycles. The van der Waals surface area contributed by atoms with Gasteiger partial charge in [-0.25, -0.2) is 9.78 Å².